The largest absolute Gasteiger partial charge is 0.511 e. The molecule has 1 saturated carbocycles. The molecule has 2 unspecified atom stereocenters. The van der Waals surface area contributed by atoms with Gasteiger partial charge in [-0.05, 0) is 102 Å². The average molecular weight is 587 g/mol. The third-order valence-corrected chi connectivity index (χ3v) is 7.37. The van der Waals surface area contributed by atoms with Crippen molar-refractivity contribution >= 4 is 17.7 Å². The van der Waals surface area contributed by atoms with Crippen LogP contribution in [-0.4, -0.2) is 51.6 Å². The summed E-state index contributed by atoms with van der Waals surface area (Å²) in [4.78, 5) is 31.4. The lowest BCUT2D eigenvalue weighted by molar-refractivity contribution is -0.384. The van der Waals surface area contributed by atoms with Crippen LogP contribution in [0.15, 0.2) is 60.2 Å². The lowest BCUT2D eigenvalue weighted by atomic mass is 9.83. The highest BCUT2D eigenvalue weighted by molar-refractivity contribution is 5.87. The molecule has 1 aromatic carbocycles. The normalized spacial score (nSPS) is 24.1. The Kier molecular flexibility index (Phi) is 14.4. The number of carbonyl (C=O) groups is 2. The van der Waals surface area contributed by atoms with Gasteiger partial charge in [0.05, 0.1) is 16.6 Å². The number of hydrogen-bond acceptors (Lipinski definition) is 7. The molecule has 1 aliphatic heterocycles. The van der Waals surface area contributed by atoms with E-state index in [0.29, 0.717) is 17.9 Å². The molecule has 2 fully saturated rings. The van der Waals surface area contributed by atoms with Gasteiger partial charge in [-0.25, -0.2) is 4.79 Å². The Morgan fingerprint density at radius 1 is 1.14 bits per heavy atom. The molecule has 1 aliphatic carbocycles. The second-order valence-corrected chi connectivity index (χ2v) is 11.6. The van der Waals surface area contributed by atoms with Crippen LogP contribution in [0.5, 0.6) is 5.75 Å². The molecule has 10 nitrogen and oxygen atoms in total. The number of nitro groups is 1. The quantitative estimate of drug-likeness (QED) is 0.0682. The summed E-state index contributed by atoms with van der Waals surface area (Å²) in [6.07, 6.45) is 17.2. The molecule has 0 bridgehead atoms. The van der Waals surface area contributed by atoms with E-state index in [1.165, 1.54) is 30.5 Å². The van der Waals surface area contributed by atoms with Gasteiger partial charge in [0.25, 0.3) is 5.69 Å². The van der Waals surface area contributed by atoms with Gasteiger partial charge in [0.15, 0.2) is 0 Å². The summed E-state index contributed by atoms with van der Waals surface area (Å²) in [5, 5.41) is 31.0. The molecule has 2 atom stereocenters. The van der Waals surface area contributed by atoms with Gasteiger partial charge in [0, 0.05) is 24.8 Å². The molecular formula is C32H46N2O8. The van der Waals surface area contributed by atoms with Crippen LogP contribution in [0.3, 0.4) is 0 Å². The first kappa shape index (κ1) is 34.7. The first-order chi connectivity index (χ1) is 19.9. The highest BCUT2D eigenvalue weighted by Crippen LogP contribution is 2.33. The summed E-state index contributed by atoms with van der Waals surface area (Å²) in [7, 11) is 0. The number of nitrogens with zero attached hydrogens (tertiary/aromatic N) is 1. The van der Waals surface area contributed by atoms with Crippen molar-refractivity contribution in [3.8, 4) is 5.75 Å². The summed E-state index contributed by atoms with van der Waals surface area (Å²) in [5.74, 6) is 1.14. The number of nitrogens with one attached hydrogen (secondary N) is 1. The molecule has 0 radical (unpaired) electrons. The van der Waals surface area contributed by atoms with Crippen molar-refractivity contribution in [3.63, 3.8) is 0 Å². The molecule has 1 aromatic rings. The van der Waals surface area contributed by atoms with E-state index in [9.17, 15) is 24.8 Å². The fourth-order valence-corrected chi connectivity index (χ4v) is 5.30. The molecule has 3 rings (SSSR count). The highest BCUT2D eigenvalue weighted by Gasteiger charge is 2.33. The van der Waals surface area contributed by atoms with Crippen LogP contribution in [0, 0.1) is 22.0 Å². The number of benzene rings is 1. The maximum atomic E-state index is 11.8. The van der Waals surface area contributed by atoms with Crippen LogP contribution in [0.2, 0.25) is 0 Å². The maximum Gasteiger partial charge on any atom is 0.511 e. The summed E-state index contributed by atoms with van der Waals surface area (Å²) >= 11 is 0. The van der Waals surface area contributed by atoms with Crippen LogP contribution >= 0.6 is 0 Å². The lowest BCUT2D eigenvalue weighted by Gasteiger charge is -2.39. The highest BCUT2D eigenvalue weighted by atomic mass is 16.7. The third-order valence-electron chi connectivity index (χ3n) is 7.37. The predicted molar refractivity (Wildman–Crippen MR) is 161 cm³/mol. The number of amides is 1. The number of nitro benzene ring substituents is 1. The summed E-state index contributed by atoms with van der Waals surface area (Å²) in [5.41, 5.74) is 0.994. The van der Waals surface area contributed by atoms with E-state index < -0.39 is 11.1 Å². The number of allylic oxidation sites excluding steroid dienone is 4. The number of rotatable bonds is 10. The Bertz CT molecular complexity index is 1100. The van der Waals surface area contributed by atoms with Gasteiger partial charge in [-0.15, -0.1) is 0 Å². The number of carbonyl (C=O) groups excluding carboxylic acids is 1. The molecule has 1 heterocycles. The van der Waals surface area contributed by atoms with Gasteiger partial charge >= 0.3 is 6.16 Å². The molecule has 232 valence electrons. The minimum absolute atomic E-state index is 0.0488. The number of non-ortho nitro benzene ring substituents is 1. The van der Waals surface area contributed by atoms with E-state index in [1.807, 2.05) is 13.0 Å². The van der Waals surface area contributed by atoms with Gasteiger partial charge in [0.2, 0.25) is 5.91 Å². The molecular weight excluding hydrogens is 540 g/mol. The first-order valence-electron chi connectivity index (χ1n) is 14.7. The Hall–Kier alpha value is -3.50. The molecule has 42 heavy (non-hydrogen) atoms. The van der Waals surface area contributed by atoms with Gasteiger partial charge in [-0.3, -0.25) is 14.9 Å². The second kappa shape index (κ2) is 17.5. The summed E-state index contributed by atoms with van der Waals surface area (Å²) in [6.45, 7) is 8.65. The Morgan fingerprint density at radius 3 is 2.38 bits per heavy atom. The second-order valence-electron chi connectivity index (χ2n) is 11.6. The monoisotopic (exact) mass is 586 g/mol. The van der Waals surface area contributed by atoms with Crippen LogP contribution in [0.4, 0.5) is 10.5 Å². The minimum Gasteiger partial charge on any atom is -0.449 e. The van der Waals surface area contributed by atoms with Gasteiger partial charge in [0.1, 0.15) is 5.75 Å². The third kappa shape index (κ3) is 13.4. The van der Waals surface area contributed by atoms with E-state index in [-0.39, 0.29) is 35.7 Å². The topological polar surface area (TPSA) is 148 Å². The molecule has 1 amide bonds. The van der Waals surface area contributed by atoms with Crippen molar-refractivity contribution < 1.29 is 34.2 Å². The van der Waals surface area contributed by atoms with E-state index in [2.05, 4.69) is 49.1 Å². The van der Waals surface area contributed by atoms with Crippen molar-refractivity contribution in [2.75, 3.05) is 6.61 Å². The molecule has 3 N–H and O–H groups in total. The zero-order chi connectivity index (χ0) is 31.1. The van der Waals surface area contributed by atoms with E-state index in [1.54, 1.807) is 6.08 Å². The number of aliphatic hydroxyl groups excluding tert-OH is 1. The molecule has 2 aliphatic rings. The van der Waals surface area contributed by atoms with Crippen LogP contribution in [0.25, 0.3) is 0 Å². The zero-order valence-corrected chi connectivity index (χ0v) is 25.2. The van der Waals surface area contributed by atoms with Crippen LogP contribution in [0.1, 0.15) is 79.1 Å². The Morgan fingerprint density at radius 2 is 1.81 bits per heavy atom. The molecule has 1 saturated heterocycles. The molecule has 0 spiro atoms. The summed E-state index contributed by atoms with van der Waals surface area (Å²) < 4.78 is 10.4. The zero-order valence-electron chi connectivity index (χ0n) is 25.2. The van der Waals surface area contributed by atoms with Gasteiger partial charge < -0.3 is 25.0 Å². The van der Waals surface area contributed by atoms with E-state index >= 15 is 0 Å². The maximum absolute atomic E-state index is 11.8. The van der Waals surface area contributed by atoms with Crippen molar-refractivity contribution in [2.45, 2.75) is 96.8 Å². The minimum atomic E-state index is -1.45. The molecule has 0 aromatic heterocycles. The van der Waals surface area contributed by atoms with Gasteiger partial charge in [-0.2, -0.15) is 0 Å². The van der Waals surface area contributed by atoms with Crippen molar-refractivity contribution in [1.29, 1.82) is 0 Å². The van der Waals surface area contributed by atoms with Crippen LogP contribution in [-0.2, 0) is 9.53 Å². The number of hydrogen-bond donors (Lipinski definition) is 3. The fourth-order valence-electron chi connectivity index (χ4n) is 5.30. The van der Waals surface area contributed by atoms with Crippen molar-refractivity contribution in [2.24, 2.45) is 11.8 Å². The van der Waals surface area contributed by atoms with E-state index in [0.717, 1.165) is 50.7 Å². The van der Waals surface area contributed by atoms with Crippen molar-refractivity contribution in [1.82, 2.24) is 5.32 Å². The van der Waals surface area contributed by atoms with Crippen LogP contribution < -0.4 is 10.1 Å². The number of ether oxygens (including phenoxy) is 2. The van der Waals surface area contributed by atoms with Gasteiger partial charge in [-0.1, -0.05) is 36.8 Å². The fraction of sp³-hybridized carbons (Fsp3) is 0.562. The lowest BCUT2D eigenvalue weighted by Crippen LogP contribution is -2.39. The number of aliphatic hydroxyl groups is 1. The first-order valence-corrected chi connectivity index (χ1v) is 14.7. The van der Waals surface area contributed by atoms with E-state index in [4.69, 9.17) is 9.84 Å². The molecule has 10 heteroatoms. The SMILES string of the molecule is CC/C=C\C(=O)NC1CCC(C/C=C(C)/C=C/C2CC(CO)CC(C)(C)O2)CC1.O=C(O)Oc1ccc([N+](=O)[O-])cc1. The number of carboxylic acid groups (broad SMARTS) is 1. The standard InChI is InChI=1S/C25H41NO3.C7H5NO5/c1-5-6-7-24(28)26-22-13-11-20(12-14-22)10-8-19(2)9-15-23-16-21(18-27)17-25(3,4)29-23;9-7(10)13-6-3-1-5(2-4-6)8(11)12/h6-9,15,20-23,27H,5,10-14,16-18H2,1-4H3,(H,26,28);1-4H,(H,9,10)/b7-6-,15-9+,19-8+;. The Labute approximate surface area is 248 Å². The smallest absolute Gasteiger partial charge is 0.449 e. The average Bonchev–Trinajstić information content (AvgIpc) is 2.94. The van der Waals surface area contributed by atoms with Crippen molar-refractivity contribution in [3.05, 3.63) is 70.3 Å². The summed E-state index contributed by atoms with van der Waals surface area (Å²) in [6, 6.07) is 5.09. The predicted octanol–water partition coefficient (Wildman–Crippen LogP) is 6.74. The Balaban J connectivity index is 0.000000395.